The molecule has 5 aromatic rings. The van der Waals surface area contributed by atoms with Gasteiger partial charge in [0.15, 0.2) is 5.82 Å². The normalized spacial score (nSPS) is 11.8. The first-order valence-electron chi connectivity index (χ1n) is 10.8. The van der Waals surface area contributed by atoms with Crippen LogP contribution in [0.2, 0.25) is 0 Å². The Morgan fingerprint density at radius 3 is 2.32 bits per heavy atom. The minimum Gasteiger partial charge on any atom is -0.508 e. The maximum absolute atomic E-state index is 10.1. The SMILES string of the molecule is C.Oc1ccc2nc(-c3ccc(-c4ccccc4)cc3)nc(Nc3ccc4c(c3)C=NC4)c2c1. The summed E-state index contributed by atoms with van der Waals surface area (Å²) in [6.45, 7) is 0.725. The second-order valence-electron chi connectivity index (χ2n) is 8.05. The number of anilines is 2. The molecule has 4 aromatic carbocycles. The fourth-order valence-corrected chi connectivity index (χ4v) is 4.10. The molecule has 0 bridgehead atoms. The molecule has 0 radical (unpaired) electrons. The Hall–Kier alpha value is -4.51. The molecule has 5 heteroatoms. The topological polar surface area (TPSA) is 70.4 Å². The van der Waals surface area contributed by atoms with Crippen LogP contribution in [0.25, 0.3) is 33.4 Å². The highest BCUT2D eigenvalue weighted by molar-refractivity contribution is 5.94. The molecular formula is C29H24N4O. The highest BCUT2D eigenvalue weighted by atomic mass is 16.3. The minimum absolute atomic E-state index is 0. The number of hydrogen-bond acceptors (Lipinski definition) is 5. The molecule has 2 heterocycles. The lowest BCUT2D eigenvalue weighted by Gasteiger charge is -2.12. The highest BCUT2D eigenvalue weighted by Gasteiger charge is 2.13. The third kappa shape index (κ3) is 3.99. The lowest BCUT2D eigenvalue weighted by Crippen LogP contribution is -2.00. The van der Waals surface area contributed by atoms with E-state index >= 15 is 0 Å². The highest BCUT2D eigenvalue weighted by Crippen LogP contribution is 2.31. The summed E-state index contributed by atoms with van der Waals surface area (Å²) in [6, 6.07) is 29.8. The van der Waals surface area contributed by atoms with Gasteiger partial charge in [0, 0.05) is 22.9 Å². The Balaban J connectivity index is 0.00000241. The van der Waals surface area contributed by atoms with E-state index in [1.807, 2.05) is 48.7 Å². The van der Waals surface area contributed by atoms with Crippen LogP contribution in [0.15, 0.2) is 96.0 Å². The minimum atomic E-state index is 0. The van der Waals surface area contributed by atoms with Crippen molar-refractivity contribution < 1.29 is 5.11 Å². The standard InChI is InChI=1S/C28H20N4O.CH4/c33-24-12-13-26-25(15-24)28(30-23-11-10-21-16-29-17-22(21)14-23)32-27(31-26)20-8-6-19(7-9-20)18-4-2-1-3-5-18;/h1-15,17,33H,16H2,(H,30,31,32);1H4. The van der Waals surface area contributed by atoms with Crippen molar-refractivity contribution in [3.8, 4) is 28.3 Å². The molecule has 2 N–H and O–H groups in total. The van der Waals surface area contributed by atoms with E-state index in [1.165, 1.54) is 11.1 Å². The Bertz CT molecular complexity index is 1510. The first kappa shape index (κ1) is 21.3. The van der Waals surface area contributed by atoms with Gasteiger partial charge < -0.3 is 10.4 Å². The fraction of sp³-hybridized carbons (Fsp3) is 0.0690. The molecule has 0 amide bonds. The van der Waals surface area contributed by atoms with E-state index < -0.39 is 0 Å². The largest absolute Gasteiger partial charge is 0.508 e. The van der Waals surface area contributed by atoms with Crippen LogP contribution in [0.5, 0.6) is 5.75 Å². The smallest absolute Gasteiger partial charge is 0.162 e. The Morgan fingerprint density at radius 2 is 1.50 bits per heavy atom. The Morgan fingerprint density at radius 1 is 0.735 bits per heavy atom. The number of fused-ring (bicyclic) bond motifs is 2. The molecule has 0 saturated carbocycles. The number of rotatable bonds is 4. The third-order valence-corrected chi connectivity index (χ3v) is 5.83. The first-order chi connectivity index (χ1) is 16.2. The number of phenolic OH excluding ortho intramolecular Hbond substituents is 1. The van der Waals surface area contributed by atoms with Gasteiger partial charge in [-0.3, -0.25) is 4.99 Å². The van der Waals surface area contributed by atoms with Gasteiger partial charge >= 0.3 is 0 Å². The van der Waals surface area contributed by atoms with Crippen LogP contribution < -0.4 is 5.32 Å². The number of phenols is 1. The zero-order chi connectivity index (χ0) is 22.2. The molecule has 34 heavy (non-hydrogen) atoms. The van der Waals surface area contributed by atoms with E-state index in [0.717, 1.165) is 39.8 Å². The van der Waals surface area contributed by atoms with Gasteiger partial charge in [0.1, 0.15) is 11.6 Å². The summed E-state index contributed by atoms with van der Waals surface area (Å²) in [4.78, 5) is 13.9. The molecule has 0 aliphatic carbocycles. The predicted octanol–water partition coefficient (Wildman–Crippen LogP) is 6.98. The van der Waals surface area contributed by atoms with Crippen LogP contribution in [0.3, 0.4) is 0 Å². The number of aromatic nitrogens is 2. The van der Waals surface area contributed by atoms with Crippen molar-refractivity contribution in [3.05, 3.63) is 102 Å². The van der Waals surface area contributed by atoms with E-state index in [1.54, 1.807) is 12.1 Å². The predicted molar refractivity (Wildman–Crippen MR) is 140 cm³/mol. The van der Waals surface area contributed by atoms with Crippen LogP contribution in [-0.4, -0.2) is 21.3 Å². The number of nitrogens with one attached hydrogen (secondary N) is 1. The van der Waals surface area contributed by atoms with Crippen molar-refractivity contribution >= 4 is 28.6 Å². The summed E-state index contributed by atoms with van der Waals surface area (Å²) in [5.41, 5.74) is 7.23. The molecule has 1 aromatic heterocycles. The quantitative estimate of drug-likeness (QED) is 0.314. The summed E-state index contributed by atoms with van der Waals surface area (Å²) in [5, 5.41) is 14.3. The summed E-state index contributed by atoms with van der Waals surface area (Å²) in [5.74, 6) is 1.45. The monoisotopic (exact) mass is 444 g/mol. The second kappa shape index (κ2) is 8.79. The van der Waals surface area contributed by atoms with Crippen molar-refractivity contribution in [2.45, 2.75) is 14.0 Å². The number of hydrogen-bond donors (Lipinski definition) is 2. The molecular weight excluding hydrogens is 420 g/mol. The number of aromatic hydroxyl groups is 1. The summed E-state index contributed by atoms with van der Waals surface area (Å²) in [7, 11) is 0. The van der Waals surface area contributed by atoms with E-state index in [-0.39, 0.29) is 13.2 Å². The van der Waals surface area contributed by atoms with E-state index in [2.05, 4.69) is 46.7 Å². The summed E-state index contributed by atoms with van der Waals surface area (Å²) >= 11 is 0. The molecule has 1 aliphatic rings. The molecule has 0 unspecified atom stereocenters. The molecule has 5 nitrogen and oxygen atoms in total. The first-order valence-corrected chi connectivity index (χ1v) is 10.8. The van der Waals surface area contributed by atoms with Gasteiger partial charge in [-0.05, 0) is 52.6 Å². The van der Waals surface area contributed by atoms with Crippen LogP contribution in [-0.2, 0) is 6.54 Å². The maximum atomic E-state index is 10.1. The van der Waals surface area contributed by atoms with Gasteiger partial charge in [0.2, 0.25) is 0 Å². The zero-order valence-corrected chi connectivity index (χ0v) is 17.7. The van der Waals surface area contributed by atoms with E-state index in [9.17, 15) is 5.11 Å². The van der Waals surface area contributed by atoms with E-state index in [4.69, 9.17) is 9.97 Å². The zero-order valence-electron chi connectivity index (χ0n) is 17.7. The van der Waals surface area contributed by atoms with Crippen LogP contribution >= 0.6 is 0 Å². The van der Waals surface area contributed by atoms with Crippen molar-refractivity contribution in [1.82, 2.24) is 9.97 Å². The summed E-state index contributed by atoms with van der Waals surface area (Å²) in [6.07, 6.45) is 1.89. The van der Waals surface area contributed by atoms with E-state index in [0.29, 0.717) is 11.6 Å². The van der Waals surface area contributed by atoms with Gasteiger partial charge in [-0.15, -0.1) is 0 Å². The maximum Gasteiger partial charge on any atom is 0.162 e. The number of aliphatic imine (C=N–C) groups is 1. The number of nitrogens with zero attached hydrogens (tertiary/aromatic N) is 3. The third-order valence-electron chi connectivity index (χ3n) is 5.83. The molecule has 0 atom stereocenters. The fourth-order valence-electron chi connectivity index (χ4n) is 4.10. The van der Waals surface area contributed by atoms with Gasteiger partial charge in [-0.1, -0.05) is 68.1 Å². The van der Waals surface area contributed by atoms with Crippen LogP contribution in [0.4, 0.5) is 11.5 Å². The van der Waals surface area contributed by atoms with Crippen molar-refractivity contribution in [2.24, 2.45) is 4.99 Å². The van der Waals surface area contributed by atoms with Gasteiger partial charge in [0.05, 0.1) is 12.1 Å². The number of benzene rings is 4. The lowest BCUT2D eigenvalue weighted by molar-refractivity contribution is 0.476. The second-order valence-corrected chi connectivity index (χ2v) is 8.05. The van der Waals surface area contributed by atoms with Crippen molar-refractivity contribution in [2.75, 3.05) is 5.32 Å². The van der Waals surface area contributed by atoms with Gasteiger partial charge in [-0.25, -0.2) is 9.97 Å². The van der Waals surface area contributed by atoms with Gasteiger partial charge in [0.25, 0.3) is 0 Å². The van der Waals surface area contributed by atoms with Crippen molar-refractivity contribution in [3.63, 3.8) is 0 Å². The summed E-state index contributed by atoms with van der Waals surface area (Å²) < 4.78 is 0. The van der Waals surface area contributed by atoms with Crippen LogP contribution in [0.1, 0.15) is 18.6 Å². The molecule has 0 saturated heterocycles. The average molecular weight is 445 g/mol. The Kier molecular flexibility index (Phi) is 5.52. The average Bonchev–Trinajstić information content (AvgIpc) is 3.33. The lowest BCUT2D eigenvalue weighted by atomic mass is 10.0. The van der Waals surface area contributed by atoms with Gasteiger partial charge in [-0.2, -0.15) is 0 Å². The Labute approximate surface area is 198 Å². The van der Waals surface area contributed by atoms with Crippen LogP contribution in [0, 0.1) is 0 Å². The van der Waals surface area contributed by atoms with Crippen molar-refractivity contribution in [1.29, 1.82) is 0 Å². The molecule has 166 valence electrons. The molecule has 0 fully saturated rings. The molecule has 0 spiro atoms. The molecule has 6 rings (SSSR count). The molecule has 1 aliphatic heterocycles.